The van der Waals surface area contributed by atoms with Crippen LogP contribution in [0.4, 0.5) is 5.00 Å². The number of carboxylic acids is 1. The van der Waals surface area contributed by atoms with Crippen molar-refractivity contribution in [2.45, 2.75) is 25.7 Å². The van der Waals surface area contributed by atoms with Crippen LogP contribution < -0.4 is 10.6 Å². The van der Waals surface area contributed by atoms with Crippen LogP contribution in [0.2, 0.25) is 10.0 Å². The topological polar surface area (TPSA) is 78.4 Å². The lowest BCUT2D eigenvalue weighted by molar-refractivity contribution is 0.0697. The Hall–Kier alpha value is -1.67. The van der Waals surface area contributed by atoms with Crippen LogP contribution in [0, 0.1) is 0 Å². The van der Waals surface area contributed by atoms with Crippen LogP contribution in [0.15, 0.2) is 18.2 Å². The molecule has 9 heteroatoms. The van der Waals surface area contributed by atoms with Gasteiger partial charge in [0.2, 0.25) is 0 Å². The minimum atomic E-state index is -0.998. The summed E-state index contributed by atoms with van der Waals surface area (Å²) in [7, 11) is 0. The summed E-state index contributed by atoms with van der Waals surface area (Å²) in [5.74, 6) is -1.50. The third-order valence-electron chi connectivity index (χ3n) is 4.02. The first-order valence-corrected chi connectivity index (χ1v) is 9.80. The molecular weight excluding hydrogens is 415 g/mol. The van der Waals surface area contributed by atoms with E-state index in [2.05, 4.69) is 10.6 Å². The molecule has 1 aromatic carbocycles. The quantitative estimate of drug-likeness (QED) is 0.614. The Morgan fingerprint density at radius 2 is 1.92 bits per heavy atom. The number of aromatic carboxylic acids is 1. The molecule has 1 heterocycles. The summed E-state index contributed by atoms with van der Waals surface area (Å²) < 4.78 is 0. The number of hydrogen-bond donors (Lipinski definition) is 3. The molecule has 0 radical (unpaired) electrons. The number of carbonyl (C=O) groups excluding carboxylic acids is 1. The highest BCUT2D eigenvalue weighted by Gasteiger charge is 2.25. The Labute approximate surface area is 169 Å². The van der Waals surface area contributed by atoms with Crippen LogP contribution in [-0.4, -0.2) is 22.1 Å². The van der Waals surface area contributed by atoms with E-state index in [9.17, 15) is 14.7 Å². The predicted molar refractivity (Wildman–Crippen MR) is 108 cm³/mol. The first-order chi connectivity index (χ1) is 12.4. The largest absolute Gasteiger partial charge is 0.478 e. The van der Waals surface area contributed by atoms with Crippen molar-refractivity contribution in [2.75, 3.05) is 5.32 Å². The SMILES string of the molecule is O=C(NC(=S)Nc1sc2c(c1C(=O)O)CCCC2)c1ccc(Cl)cc1Cl. The average Bonchev–Trinajstić information content (AvgIpc) is 2.92. The summed E-state index contributed by atoms with van der Waals surface area (Å²) in [6.45, 7) is 0. The Morgan fingerprint density at radius 3 is 2.62 bits per heavy atom. The number of aryl methyl sites for hydroxylation is 1. The number of carboxylic acid groups (broad SMARTS) is 1. The number of thiophene rings is 1. The number of halogens is 2. The number of anilines is 1. The van der Waals surface area contributed by atoms with E-state index in [4.69, 9.17) is 35.4 Å². The fourth-order valence-electron chi connectivity index (χ4n) is 2.86. The normalized spacial score (nSPS) is 13.0. The van der Waals surface area contributed by atoms with Gasteiger partial charge >= 0.3 is 5.97 Å². The van der Waals surface area contributed by atoms with Gasteiger partial charge in [-0.1, -0.05) is 23.2 Å². The molecule has 0 spiro atoms. The molecular formula is C17H14Cl2N2O3S2. The zero-order valence-corrected chi connectivity index (χ0v) is 16.5. The molecule has 1 aliphatic rings. The van der Waals surface area contributed by atoms with E-state index in [1.165, 1.54) is 23.5 Å². The Morgan fingerprint density at radius 1 is 1.19 bits per heavy atom. The fraction of sp³-hybridized carbons (Fsp3) is 0.235. The average molecular weight is 429 g/mol. The smallest absolute Gasteiger partial charge is 0.339 e. The predicted octanol–water partition coefficient (Wildman–Crippen LogP) is 4.76. The van der Waals surface area contributed by atoms with Crippen molar-refractivity contribution in [3.05, 3.63) is 49.8 Å². The second-order valence-corrected chi connectivity index (χ2v) is 8.11. The van der Waals surface area contributed by atoms with E-state index in [1.54, 1.807) is 6.07 Å². The summed E-state index contributed by atoms with van der Waals surface area (Å²) in [6.07, 6.45) is 3.62. The van der Waals surface area contributed by atoms with Crippen LogP contribution in [-0.2, 0) is 12.8 Å². The molecule has 0 saturated carbocycles. The van der Waals surface area contributed by atoms with E-state index in [1.807, 2.05) is 0 Å². The van der Waals surface area contributed by atoms with Crippen molar-refractivity contribution < 1.29 is 14.7 Å². The van der Waals surface area contributed by atoms with Crippen LogP contribution >= 0.6 is 46.8 Å². The van der Waals surface area contributed by atoms with Crippen LogP contribution in [0.1, 0.15) is 44.0 Å². The van der Waals surface area contributed by atoms with Crippen molar-refractivity contribution in [1.82, 2.24) is 5.32 Å². The Bertz CT molecular complexity index is 912. The van der Waals surface area contributed by atoms with Gasteiger partial charge in [-0.05, 0) is 61.7 Å². The van der Waals surface area contributed by atoms with E-state index in [0.717, 1.165) is 36.1 Å². The van der Waals surface area contributed by atoms with Crippen molar-refractivity contribution in [2.24, 2.45) is 0 Å². The number of nitrogens with one attached hydrogen (secondary N) is 2. The van der Waals surface area contributed by atoms with E-state index in [-0.39, 0.29) is 21.3 Å². The molecule has 5 nitrogen and oxygen atoms in total. The minimum Gasteiger partial charge on any atom is -0.478 e. The van der Waals surface area contributed by atoms with Gasteiger partial charge in [0.1, 0.15) is 5.00 Å². The number of rotatable bonds is 3. The lowest BCUT2D eigenvalue weighted by Gasteiger charge is -2.11. The molecule has 0 fully saturated rings. The second-order valence-electron chi connectivity index (χ2n) is 5.75. The maximum Gasteiger partial charge on any atom is 0.339 e. The maximum atomic E-state index is 12.3. The zero-order valence-electron chi connectivity index (χ0n) is 13.4. The van der Waals surface area contributed by atoms with Gasteiger partial charge in [0.05, 0.1) is 16.1 Å². The van der Waals surface area contributed by atoms with Gasteiger partial charge in [-0.2, -0.15) is 0 Å². The van der Waals surface area contributed by atoms with Crippen LogP contribution in [0.25, 0.3) is 0 Å². The van der Waals surface area contributed by atoms with Gasteiger partial charge in [0.25, 0.3) is 5.91 Å². The van der Waals surface area contributed by atoms with Gasteiger partial charge in [-0.15, -0.1) is 11.3 Å². The lowest BCUT2D eigenvalue weighted by atomic mass is 9.95. The maximum absolute atomic E-state index is 12.3. The van der Waals surface area contributed by atoms with Gasteiger partial charge in [-0.25, -0.2) is 4.79 Å². The summed E-state index contributed by atoms with van der Waals surface area (Å²) >= 11 is 18.4. The van der Waals surface area contributed by atoms with Crippen molar-refractivity contribution >= 4 is 68.7 Å². The standard InChI is InChI=1S/C17H14Cl2N2O3S2/c18-8-5-6-9(11(19)7-8)14(22)20-17(25)21-15-13(16(23)24)10-3-1-2-4-12(10)26-15/h5-7H,1-4H2,(H,23,24)(H2,20,21,22,25). The number of amides is 1. The van der Waals surface area contributed by atoms with Crippen LogP contribution in [0.3, 0.4) is 0 Å². The molecule has 0 atom stereocenters. The number of fused-ring (bicyclic) bond motifs is 1. The minimum absolute atomic E-state index is 0.0158. The van der Waals surface area contributed by atoms with Gasteiger partial charge < -0.3 is 10.4 Å². The third kappa shape index (κ3) is 4.01. The van der Waals surface area contributed by atoms with Crippen molar-refractivity contribution in [1.29, 1.82) is 0 Å². The Kier molecular flexibility index (Phi) is 5.82. The van der Waals surface area contributed by atoms with Crippen molar-refractivity contribution in [3.63, 3.8) is 0 Å². The molecule has 1 amide bonds. The Balaban J connectivity index is 1.77. The highest BCUT2D eigenvalue weighted by molar-refractivity contribution is 7.80. The highest BCUT2D eigenvalue weighted by Crippen LogP contribution is 2.38. The monoisotopic (exact) mass is 428 g/mol. The molecule has 26 heavy (non-hydrogen) atoms. The lowest BCUT2D eigenvalue weighted by Crippen LogP contribution is -2.34. The van der Waals surface area contributed by atoms with Gasteiger partial charge in [0.15, 0.2) is 5.11 Å². The van der Waals surface area contributed by atoms with Gasteiger partial charge in [-0.3, -0.25) is 10.1 Å². The first-order valence-electron chi connectivity index (χ1n) is 7.82. The zero-order chi connectivity index (χ0) is 18.8. The van der Waals surface area contributed by atoms with Crippen molar-refractivity contribution in [3.8, 4) is 0 Å². The second kappa shape index (κ2) is 7.92. The molecule has 3 N–H and O–H groups in total. The number of hydrogen-bond acceptors (Lipinski definition) is 4. The number of carbonyl (C=O) groups is 2. The molecule has 136 valence electrons. The summed E-state index contributed by atoms with van der Waals surface area (Å²) in [6, 6.07) is 4.51. The van der Waals surface area contributed by atoms with Gasteiger partial charge in [0, 0.05) is 9.90 Å². The molecule has 2 aromatic rings. The summed E-state index contributed by atoms with van der Waals surface area (Å²) in [5.41, 5.74) is 1.33. The third-order valence-corrected chi connectivity index (χ3v) is 5.97. The molecule has 0 unspecified atom stereocenters. The first kappa shape index (κ1) is 19.1. The van der Waals surface area contributed by atoms with E-state index < -0.39 is 11.9 Å². The molecule has 1 aliphatic carbocycles. The van der Waals surface area contributed by atoms with Crippen LogP contribution in [0.5, 0.6) is 0 Å². The molecule has 1 aromatic heterocycles. The van der Waals surface area contributed by atoms with E-state index in [0.29, 0.717) is 10.0 Å². The summed E-state index contributed by atoms with van der Waals surface area (Å²) in [4.78, 5) is 25.0. The highest BCUT2D eigenvalue weighted by atomic mass is 35.5. The molecule has 0 aliphatic heterocycles. The molecule has 0 saturated heterocycles. The van der Waals surface area contributed by atoms with E-state index >= 15 is 0 Å². The molecule has 0 bridgehead atoms. The fourth-order valence-corrected chi connectivity index (χ4v) is 4.90. The number of thiocarbonyl (C=S) groups is 1. The number of benzene rings is 1. The summed E-state index contributed by atoms with van der Waals surface area (Å²) in [5, 5.41) is 16.0. The molecule has 3 rings (SSSR count).